The molecule has 2 heteroatoms. The lowest BCUT2D eigenvalue weighted by Gasteiger charge is -2.45. The number of unbranched alkanes of at least 4 members (excludes halogenated alkanes) is 3. The van der Waals surface area contributed by atoms with Crippen LogP contribution in [0.15, 0.2) is 0 Å². The molecule has 0 saturated carbocycles. The zero-order valence-corrected chi connectivity index (χ0v) is 13.2. The van der Waals surface area contributed by atoms with Gasteiger partial charge in [0.1, 0.15) is 0 Å². The Balaban J connectivity index is 4.32. The van der Waals surface area contributed by atoms with E-state index in [4.69, 9.17) is 0 Å². The van der Waals surface area contributed by atoms with Gasteiger partial charge in [0.05, 0.1) is 19.6 Å². The van der Waals surface area contributed by atoms with Crippen LogP contribution in [0.4, 0.5) is 0 Å². The summed E-state index contributed by atoms with van der Waals surface area (Å²) in [4.78, 5) is 0. The molecular weight excluding hydrogens is 222 g/mol. The Morgan fingerprint density at radius 1 is 0.833 bits per heavy atom. The molecule has 0 aliphatic rings. The molecule has 0 rings (SSSR count). The van der Waals surface area contributed by atoms with Gasteiger partial charge in [-0.2, -0.15) is 0 Å². The van der Waals surface area contributed by atoms with E-state index in [0.717, 1.165) is 45.3 Å². The summed E-state index contributed by atoms with van der Waals surface area (Å²) in [6, 6.07) is 0. The van der Waals surface area contributed by atoms with Crippen molar-refractivity contribution >= 4 is 0 Å². The maximum Gasteiger partial charge on any atom is 0.0812 e. The molecule has 0 aliphatic carbocycles. The molecule has 0 aromatic rings. The highest BCUT2D eigenvalue weighted by atomic mass is 16.5. The highest BCUT2D eigenvalue weighted by molar-refractivity contribution is 4.59. The number of hydroxylamine groups is 3. The van der Waals surface area contributed by atoms with E-state index < -0.39 is 0 Å². The summed E-state index contributed by atoms with van der Waals surface area (Å²) in [5.74, 6) is 0.635. The number of hydrogen-bond acceptors (Lipinski definition) is 1. The van der Waals surface area contributed by atoms with Gasteiger partial charge in [-0.05, 0) is 25.7 Å². The van der Waals surface area contributed by atoms with E-state index >= 15 is 0 Å². The van der Waals surface area contributed by atoms with Crippen molar-refractivity contribution in [2.24, 2.45) is 5.92 Å². The van der Waals surface area contributed by atoms with Gasteiger partial charge in [-0.15, -0.1) is 0 Å². The Kier molecular flexibility index (Phi) is 10.8. The molecule has 1 unspecified atom stereocenters. The van der Waals surface area contributed by atoms with Crippen molar-refractivity contribution in [2.75, 3.05) is 19.6 Å². The van der Waals surface area contributed by atoms with Gasteiger partial charge in [0.25, 0.3) is 0 Å². The van der Waals surface area contributed by atoms with E-state index in [1.54, 1.807) is 0 Å². The first kappa shape index (κ1) is 17.9. The molecule has 2 nitrogen and oxygen atoms in total. The standard InChI is InChI=1S/C16H35NO/c1-5-9-12-16(8-4)15-17(18,13-10-6-2)14-11-7-3/h16H,5-15H2,1-4H3. The first-order chi connectivity index (χ1) is 8.61. The Morgan fingerprint density at radius 2 is 1.33 bits per heavy atom. The summed E-state index contributed by atoms with van der Waals surface area (Å²) >= 11 is 0. The van der Waals surface area contributed by atoms with Crippen LogP contribution in [0.1, 0.15) is 79.1 Å². The highest BCUT2D eigenvalue weighted by Gasteiger charge is 2.20. The zero-order valence-electron chi connectivity index (χ0n) is 13.2. The fraction of sp³-hybridized carbons (Fsp3) is 1.00. The molecule has 0 heterocycles. The quantitative estimate of drug-likeness (QED) is 0.351. The predicted octanol–water partition coefficient (Wildman–Crippen LogP) is 5.12. The Morgan fingerprint density at radius 3 is 1.72 bits per heavy atom. The van der Waals surface area contributed by atoms with Crippen LogP contribution in [-0.2, 0) is 0 Å². The largest absolute Gasteiger partial charge is 0.633 e. The first-order valence-electron chi connectivity index (χ1n) is 8.18. The van der Waals surface area contributed by atoms with Gasteiger partial charge >= 0.3 is 0 Å². The average Bonchev–Trinajstić information content (AvgIpc) is 2.39. The normalized spacial score (nSPS) is 13.8. The molecule has 0 amide bonds. The lowest BCUT2D eigenvalue weighted by atomic mass is 9.98. The third-order valence-corrected chi connectivity index (χ3v) is 3.97. The van der Waals surface area contributed by atoms with Crippen LogP contribution in [0, 0.1) is 11.1 Å². The Hall–Kier alpha value is -0.0800. The molecule has 0 aromatic heterocycles. The van der Waals surface area contributed by atoms with Crippen molar-refractivity contribution in [3.63, 3.8) is 0 Å². The van der Waals surface area contributed by atoms with Crippen LogP contribution in [0.2, 0.25) is 0 Å². The third kappa shape index (κ3) is 8.10. The minimum absolute atomic E-state index is 0.0733. The lowest BCUT2D eigenvalue weighted by molar-refractivity contribution is -0.884. The molecule has 0 aromatic carbocycles. The smallest absolute Gasteiger partial charge is 0.0812 e. The van der Waals surface area contributed by atoms with Gasteiger partial charge in [0, 0.05) is 5.92 Å². The van der Waals surface area contributed by atoms with Gasteiger partial charge in [-0.3, -0.25) is 0 Å². The lowest BCUT2D eigenvalue weighted by Crippen LogP contribution is -2.47. The molecular formula is C16H35NO. The molecule has 1 atom stereocenters. The minimum Gasteiger partial charge on any atom is -0.633 e. The second-order valence-corrected chi connectivity index (χ2v) is 5.81. The van der Waals surface area contributed by atoms with Crippen molar-refractivity contribution in [1.82, 2.24) is 0 Å². The SMILES string of the molecule is CCCCC(CC)C[N+]([O-])(CCCC)CCCC. The topological polar surface area (TPSA) is 23.1 Å². The second-order valence-electron chi connectivity index (χ2n) is 5.81. The fourth-order valence-corrected chi connectivity index (χ4v) is 2.57. The van der Waals surface area contributed by atoms with Crippen LogP contribution in [0.5, 0.6) is 0 Å². The molecule has 0 N–H and O–H groups in total. The van der Waals surface area contributed by atoms with E-state index in [0.29, 0.717) is 5.92 Å². The minimum atomic E-state index is 0.0733. The van der Waals surface area contributed by atoms with Crippen molar-refractivity contribution in [3.05, 3.63) is 5.21 Å². The first-order valence-corrected chi connectivity index (χ1v) is 8.18. The molecule has 0 radical (unpaired) electrons. The van der Waals surface area contributed by atoms with Crippen molar-refractivity contribution in [3.8, 4) is 0 Å². The van der Waals surface area contributed by atoms with Gasteiger partial charge in [-0.1, -0.05) is 53.4 Å². The fourth-order valence-electron chi connectivity index (χ4n) is 2.57. The van der Waals surface area contributed by atoms with E-state index in [1.807, 2.05) is 0 Å². The van der Waals surface area contributed by atoms with E-state index in [2.05, 4.69) is 27.7 Å². The number of rotatable bonds is 12. The summed E-state index contributed by atoms with van der Waals surface area (Å²) in [7, 11) is 0. The summed E-state index contributed by atoms with van der Waals surface area (Å²) in [6.45, 7) is 11.4. The molecule has 0 fully saturated rings. The molecule has 0 bridgehead atoms. The average molecular weight is 257 g/mol. The Bertz CT molecular complexity index is 174. The Labute approximate surface area is 115 Å². The predicted molar refractivity (Wildman–Crippen MR) is 81.4 cm³/mol. The monoisotopic (exact) mass is 257 g/mol. The van der Waals surface area contributed by atoms with E-state index in [1.165, 1.54) is 25.7 Å². The van der Waals surface area contributed by atoms with Crippen LogP contribution < -0.4 is 0 Å². The molecule has 110 valence electrons. The van der Waals surface area contributed by atoms with Gasteiger partial charge in [0.2, 0.25) is 0 Å². The second kappa shape index (κ2) is 10.8. The summed E-state index contributed by atoms with van der Waals surface area (Å²) < 4.78 is 0.0733. The van der Waals surface area contributed by atoms with Crippen LogP contribution >= 0.6 is 0 Å². The third-order valence-electron chi connectivity index (χ3n) is 3.97. The summed E-state index contributed by atoms with van der Waals surface area (Å²) in [5.41, 5.74) is 0. The van der Waals surface area contributed by atoms with Crippen molar-refractivity contribution in [2.45, 2.75) is 79.1 Å². The number of quaternary nitrogens is 1. The molecule has 18 heavy (non-hydrogen) atoms. The zero-order chi connectivity index (χ0) is 13.9. The summed E-state index contributed by atoms with van der Waals surface area (Å²) in [6.07, 6.45) is 9.38. The molecule has 0 spiro atoms. The molecule has 0 saturated heterocycles. The summed E-state index contributed by atoms with van der Waals surface area (Å²) in [5, 5.41) is 12.9. The molecule has 0 aliphatic heterocycles. The highest BCUT2D eigenvalue weighted by Crippen LogP contribution is 2.20. The van der Waals surface area contributed by atoms with E-state index in [9.17, 15) is 5.21 Å². The van der Waals surface area contributed by atoms with Crippen LogP contribution in [0.3, 0.4) is 0 Å². The van der Waals surface area contributed by atoms with Gasteiger partial charge < -0.3 is 9.85 Å². The van der Waals surface area contributed by atoms with Crippen LogP contribution in [-0.4, -0.2) is 24.3 Å². The van der Waals surface area contributed by atoms with Gasteiger partial charge in [0.15, 0.2) is 0 Å². The maximum absolute atomic E-state index is 12.9. The number of nitrogens with zero attached hydrogens (tertiary/aromatic N) is 1. The maximum atomic E-state index is 12.9. The van der Waals surface area contributed by atoms with Crippen molar-refractivity contribution < 1.29 is 4.65 Å². The van der Waals surface area contributed by atoms with Crippen molar-refractivity contribution in [1.29, 1.82) is 0 Å². The number of hydrogen-bond donors (Lipinski definition) is 0. The van der Waals surface area contributed by atoms with Gasteiger partial charge in [-0.25, -0.2) is 0 Å². The van der Waals surface area contributed by atoms with E-state index in [-0.39, 0.29) is 4.65 Å². The van der Waals surface area contributed by atoms with Crippen LogP contribution in [0.25, 0.3) is 0 Å².